The third kappa shape index (κ3) is 2.15. The summed E-state index contributed by atoms with van der Waals surface area (Å²) in [6, 6.07) is 6.08. The highest BCUT2D eigenvalue weighted by Crippen LogP contribution is 2.35. The molecule has 1 N–H and O–H groups in total. The molecule has 0 saturated heterocycles. The van der Waals surface area contributed by atoms with E-state index >= 15 is 0 Å². The summed E-state index contributed by atoms with van der Waals surface area (Å²) in [7, 11) is 1.57. The molecule has 0 fully saturated rings. The highest BCUT2D eigenvalue weighted by molar-refractivity contribution is 9.10. The maximum Gasteiger partial charge on any atom is 0.407 e. The Kier molecular flexibility index (Phi) is 2.95. The van der Waals surface area contributed by atoms with Crippen molar-refractivity contribution in [3.05, 3.63) is 33.8 Å². The Bertz CT molecular complexity index is 392. The number of carbonyl (C=O) groups is 1. The zero-order valence-electron chi connectivity index (χ0n) is 8.42. The van der Waals surface area contributed by atoms with E-state index in [2.05, 4.69) is 27.3 Å². The molecular formula is C11H12BrNO2. The smallest absolute Gasteiger partial charge is 0.407 e. The summed E-state index contributed by atoms with van der Waals surface area (Å²) in [5.41, 5.74) is 2.39. The zero-order valence-corrected chi connectivity index (χ0v) is 10.0. The molecule has 1 aromatic carbocycles. The third-order valence-corrected chi connectivity index (χ3v) is 3.07. The van der Waals surface area contributed by atoms with Crippen LogP contribution in [-0.2, 0) is 11.2 Å². The van der Waals surface area contributed by atoms with Crippen LogP contribution < -0.4 is 5.32 Å². The van der Waals surface area contributed by atoms with Crippen LogP contribution in [-0.4, -0.2) is 13.1 Å². The minimum Gasteiger partial charge on any atom is -0.441 e. The topological polar surface area (TPSA) is 38.3 Å². The number of carbonyl (C=O) groups excluding carboxylic acids is 1. The van der Waals surface area contributed by atoms with Crippen molar-refractivity contribution in [3.63, 3.8) is 0 Å². The van der Waals surface area contributed by atoms with Gasteiger partial charge in [-0.1, -0.05) is 22.0 Å². The van der Waals surface area contributed by atoms with Crippen molar-refractivity contribution in [2.75, 3.05) is 7.05 Å². The van der Waals surface area contributed by atoms with E-state index in [4.69, 9.17) is 4.74 Å². The Morgan fingerprint density at radius 3 is 3.13 bits per heavy atom. The van der Waals surface area contributed by atoms with E-state index in [0.29, 0.717) is 0 Å². The van der Waals surface area contributed by atoms with Crippen LogP contribution in [0.4, 0.5) is 4.79 Å². The lowest BCUT2D eigenvalue weighted by Gasteiger charge is -2.12. The largest absolute Gasteiger partial charge is 0.441 e. The summed E-state index contributed by atoms with van der Waals surface area (Å²) < 4.78 is 6.33. The first-order chi connectivity index (χ1) is 7.20. The highest BCUT2D eigenvalue weighted by Gasteiger charge is 2.25. The van der Waals surface area contributed by atoms with Crippen molar-refractivity contribution in [1.82, 2.24) is 5.32 Å². The van der Waals surface area contributed by atoms with E-state index in [0.717, 1.165) is 22.9 Å². The van der Waals surface area contributed by atoms with E-state index in [-0.39, 0.29) is 12.2 Å². The molecule has 1 atom stereocenters. The SMILES string of the molecule is CNC(=O)OC1CCc2cc(Br)ccc21. The molecule has 1 aliphatic rings. The van der Waals surface area contributed by atoms with Gasteiger partial charge in [-0.3, -0.25) is 0 Å². The van der Waals surface area contributed by atoms with Gasteiger partial charge in [-0.15, -0.1) is 0 Å². The number of hydrogen-bond donors (Lipinski definition) is 1. The molecule has 1 aromatic rings. The summed E-state index contributed by atoms with van der Waals surface area (Å²) in [5.74, 6) is 0. The van der Waals surface area contributed by atoms with E-state index < -0.39 is 0 Å². The molecular weight excluding hydrogens is 258 g/mol. The minimum absolute atomic E-state index is 0.0898. The summed E-state index contributed by atoms with van der Waals surface area (Å²) in [5, 5.41) is 2.46. The second-order valence-corrected chi connectivity index (χ2v) is 4.44. The maximum atomic E-state index is 11.1. The standard InChI is InChI=1S/C11H12BrNO2/c1-13-11(14)15-10-5-2-7-6-8(12)3-4-9(7)10/h3-4,6,10H,2,5H2,1H3,(H,13,14). The maximum absolute atomic E-state index is 11.1. The summed E-state index contributed by atoms with van der Waals surface area (Å²) in [6.07, 6.45) is 1.39. The second kappa shape index (κ2) is 4.23. The molecule has 0 radical (unpaired) electrons. The van der Waals surface area contributed by atoms with Crippen LogP contribution in [0.5, 0.6) is 0 Å². The molecule has 0 aliphatic heterocycles. The van der Waals surface area contributed by atoms with Gasteiger partial charge in [0.15, 0.2) is 0 Å². The number of aryl methyl sites for hydroxylation is 1. The van der Waals surface area contributed by atoms with Crippen molar-refractivity contribution < 1.29 is 9.53 Å². The molecule has 2 rings (SSSR count). The van der Waals surface area contributed by atoms with E-state index in [1.165, 1.54) is 5.56 Å². The molecule has 0 heterocycles. The lowest BCUT2D eigenvalue weighted by atomic mass is 10.1. The molecule has 0 bridgehead atoms. The number of ether oxygens (including phenoxy) is 1. The van der Waals surface area contributed by atoms with E-state index in [1.807, 2.05) is 12.1 Å². The quantitative estimate of drug-likeness (QED) is 0.852. The van der Waals surface area contributed by atoms with E-state index in [1.54, 1.807) is 7.05 Å². The summed E-state index contributed by atoms with van der Waals surface area (Å²) in [4.78, 5) is 11.1. The highest BCUT2D eigenvalue weighted by atomic mass is 79.9. The predicted octanol–water partition coefficient (Wildman–Crippen LogP) is 2.79. The fraction of sp³-hybridized carbons (Fsp3) is 0.364. The Balaban J connectivity index is 2.18. The summed E-state index contributed by atoms with van der Waals surface area (Å²) >= 11 is 3.43. The first-order valence-corrected chi connectivity index (χ1v) is 5.66. The van der Waals surface area contributed by atoms with Gasteiger partial charge in [0.05, 0.1) is 0 Å². The number of nitrogens with one attached hydrogen (secondary N) is 1. The van der Waals surface area contributed by atoms with Crippen LogP contribution in [0.1, 0.15) is 23.7 Å². The number of hydrogen-bond acceptors (Lipinski definition) is 2. The molecule has 1 aliphatic carbocycles. The normalized spacial score (nSPS) is 18.4. The molecule has 0 saturated carbocycles. The van der Waals surface area contributed by atoms with Crippen LogP contribution in [0.3, 0.4) is 0 Å². The third-order valence-electron chi connectivity index (χ3n) is 2.58. The van der Waals surface area contributed by atoms with Gasteiger partial charge >= 0.3 is 6.09 Å². The first kappa shape index (κ1) is 10.5. The summed E-state index contributed by atoms with van der Waals surface area (Å²) in [6.45, 7) is 0. The van der Waals surface area contributed by atoms with Gasteiger partial charge in [0.2, 0.25) is 0 Å². The molecule has 1 amide bonds. The fourth-order valence-electron chi connectivity index (χ4n) is 1.86. The van der Waals surface area contributed by atoms with Gasteiger partial charge in [-0.05, 0) is 36.1 Å². The van der Waals surface area contributed by atoms with Crippen LogP contribution in [0.25, 0.3) is 0 Å². The lowest BCUT2D eigenvalue weighted by molar-refractivity contribution is 0.100. The van der Waals surface area contributed by atoms with Crippen molar-refractivity contribution in [1.29, 1.82) is 0 Å². The van der Waals surface area contributed by atoms with Crippen LogP contribution in [0.2, 0.25) is 0 Å². The molecule has 0 spiro atoms. The van der Waals surface area contributed by atoms with Gasteiger partial charge in [0, 0.05) is 11.5 Å². The average molecular weight is 270 g/mol. The van der Waals surface area contributed by atoms with Crippen molar-refractivity contribution in [2.24, 2.45) is 0 Å². The molecule has 1 unspecified atom stereocenters. The predicted molar refractivity (Wildman–Crippen MR) is 60.7 cm³/mol. The molecule has 3 nitrogen and oxygen atoms in total. The van der Waals surface area contributed by atoms with Gasteiger partial charge in [-0.2, -0.15) is 0 Å². The Morgan fingerprint density at radius 2 is 2.40 bits per heavy atom. The minimum atomic E-state index is -0.365. The van der Waals surface area contributed by atoms with Gasteiger partial charge in [0.25, 0.3) is 0 Å². The molecule has 0 aromatic heterocycles. The number of fused-ring (bicyclic) bond motifs is 1. The molecule has 4 heteroatoms. The van der Waals surface area contributed by atoms with Gasteiger partial charge in [0.1, 0.15) is 6.10 Å². The second-order valence-electron chi connectivity index (χ2n) is 3.53. The monoisotopic (exact) mass is 269 g/mol. The average Bonchev–Trinajstić information content (AvgIpc) is 2.60. The number of alkyl carbamates (subject to hydrolysis) is 1. The number of rotatable bonds is 1. The van der Waals surface area contributed by atoms with Crippen molar-refractivity contribution in [3.8, 4) is 0 Å². The lowest BCUT2D eigenvalue weighted by Crippen LogP contribution is -2.21. The number of halogens is 1. The molecule has 15 heavy (non-hydrogen) atoms. The number of amides is 1. The Hall–Kier alpha value is -1.03. The number of benzene rings is 1. The van der Waals surface area contributed by atoms with Crippen LogP contribution >= 0.6 is 15.9 Å². The van der Waals surface area contributed by atoms with E-state index in [9.17, 15) is 4.79 Å². The zero-order chi connectivity index (χ0) is 10.8. The van der Waals surface area contributed by atoms with Crippen molar-refractivity contribution >= 4 is 22.0 Å². The molecule has 80 valence electrons. The van der Waals surface area contributed by atoms with Gasteiger partial charge in [-0.25, -0.2) is 4.79 Å². The first-order valence-electron chi connectivity index (χ1n) is 4.87. The van der Waals surface area contributed by atoms with Crippen LogP contribution in [0, 0.1) is 0 Å². The Labute approximate surface area is 96.9 Å². The Morgan fingerprint density at radius 1 is 1.60 bits per heavy atom. The van der Waals surface area contributed by atoms with Gasteiger partial charge < -0.3 is 10.1 Å². The van der Waals surface area contributed by atoms with Crippen LogP contribution in [0.15, 0.2) is 22.7 Å². The van der Waals surface area contributed by atoms with Crippen molar-refractivity contribution in [2.45, 2.75) is 18.9 Å². The fourth-order valence-corrected chi connectivity index (χ4v) is 2.27.